The van der Waals surface area contributed by atoms with Crippen LogP contribution in [0.25, 0.3) is 10.8 Å². The Labute approximate surface area is 237 Å². The summed E-state index contributed by atoms with van der Waals surface area (Å²) < 4.78 is 5.49. The van der Waals surface area contributed by atoms with E-state index in [0.29, 0.717) is 12.1 Å². The number of anilines is 1. The van der Waals surface area contributed by atoms with Gasteiger partial charge in [0.15, 0.2) is 0 Å². The first-order valence-corrected chi connectivity index (χ1v) is 14.1. The monoisotopic (exact) mass is 543 g/mol. The van der Waals surface area contributed by atoms with Gasteiger partial charge in [0, 0.05) is 11.7 Å². The number of ether oxygens (including phenoxy) is 1. The van der Waals surface area contributed by atoms with Gasteiger partial charge in [0.25, 0.3) is 5.91 Å². The van der Waals surface area contributed by atoms with Crippen LogP contribution in [-0.4, -0.2) is 40.5 Å². The number of rotatable bonds is 9. The number of fused-ring (bicyclic) bond motifs is 1. The number of carbonyl (C=O) groups excluding carboxylic acids is 3. The number of alkyl carbamates (subject to hydrolysis) is 1. The van der Waals surface area contributed by atoms with Gasteiger partial charge in [0.2, 0.25) is 5.91 Å². The molecule has 1 saturated carbocycles. The van der Waals surface area contributed by atoms with Crippen LogP contribution in [0.3, 0.4) is 0 Å². The van der Waals surface area contributed by atoms with Crippen molar-refractivity contribution in [1.82, 2.24) is 10.2 Å². The number of hydrogen-bond acceptors (Lipinski definition) is 4. The van der Waals surface area contributed by atoms with Crippen molar-refractivity contribution < 1.29 is 19.1 Å². The Morgan fingerprint density at radius 2 is 1.68 bits per heavy atom. The molecule has 0 bridgehead atoms. The van der Waals surface area contributed by atoms with Crippen LogP contribution in [0, 0.1) is 12.8 Å². The van der Waals surface area contributed by atoms with Crippen LogP contribution in [0.4, 0.5) is 10.5 Å². The third kappa shape index (κ3) is 7.20. The van der Waals surface area contributed by atoms with Gasteiger partial charge in [-0.3, -0.25) is 9.59 Å². The molecule has 3 aromatic rings. The third-order valence-electron chi connectivity index (χ3n) is 7.25. The van der Waals surface area contributed by atoms with Gasteiger partial charge in [-0.15, -0.1) is 0 Å². The van der Waals surface area contributed by atoms with Crippen LogP contribution < -0.4 is 10.6 Å². The second kappa shape index (κ2) is 12.1. The SMILES string of the molecule is CCC(C)C(NC(=O)OC(C)(C)C)C(=O)N(C1CC1)C(C(=O)Nc1ccc2ccccc2c1)c1cccc(C)c1. The van der Waals surface area contributed by atoms with E-state index in [4.69, 9.17) is 4.74 Å². The minimum atomic E-state index is -0.863. The van der Waals surface area contributed by atoms with Gasteiger partial charge >= 0.3 is 6.09 Å². The molecule has 0 aliphatic heterocycles. The number of amides is 3. The first kappa shape index (κ1) is 29.1. The lowest BCUT2D eigenvalue weighted by Crippen LogP contribution is -2.55. The molecule has 1 fully saturated rings. The Balaban J connectivity index is 1.70. The quantitative estimate of drug-likeness (QED) is 0.312. The molecule has 0 spiro atoms. The first-order valence-electron chi connectivity index (χ1n) is 14.1. The molecule has 3 unspecified atom stereocenters. The number of nitrogens with zero attached hydrogens (tertiary/aromatic N) is 1. The molecule has 212 valence electrons. The lowest BCUT2D eigenvalue weighted by molar-refractivity contribution is -0.142. The zero-order valence-corrected chi connectivity index (χ0v) is 24.4. The van der Waals surface area contributed by atoms with Crippen molar-refractivity contribution in [1.29, 1.82) is 0 Å². The summed E-state index contributed by atoms with van der Waals surface area (Å²) in [4.78, 5) is 42.9. The fourth-order valence-corrected chi connectivity index (χ4v) is 4.91. The standard InChI is InChI=1S/C33H41N3O4/c1-7-22(3)28(35-32(39)40-33(4,5)6)31(38)36(27-17-18-27)29(25-14-10-11-21(2)19-25)30(37)34-26-16-15-23-12-8-9-13-24(23)20-26/h8-16,19-20,22,27-29H,7,17-18H2,1-6H3,(H,34,37)(H,35,39). The van der Waals surface area contributed by atoms with Crippen LogP contribution in [0.15, 0.2) is 66.7 Å². The van der Waals surface area contributed by atoms with Gasteiger partial charge in [-0.2, -0.15) is 0 Å². The average molecular weight is 544 g/mol. The molecule has 0 heterocycles. The Morgan fingerprint density at radius 3 is 2.30 bits per heavy atom. The molecule has 3 atom stereocenters. The van der Waals surface area contributed by atoms with Crippen molar-refractivity contribution in [3.8, 4) is 0 Å². The summed E-state index contributed by atoms with van der Waals surface area (Å²) in [5.41, 5.74) is 1.69. The summed E-state index contributed by atoms with van der Waals surface area (Å²) in [7, 11) is 0. The zero-order valence-electron chi connectivity index (χ0n) is 24.4. The van der Waals surface area contributed by atoms with Gasteiger partial charge in [0.1, 0.15) is 17.7 Å². The van der Waals surface area contributed by atoms with Gasteiger partial charge in [-0.05, 0) is 74.9 Å². The van der Waals surface area contributed by atoms with E-state index >= 15 is 0 Å². The molecule has 7 heteroatoms. The Morgan fingerprint density at radius 1 is 0.975 bits per heavy atom. The first-order chi connectivity index (χ1) is 19.0. The highest BCUT2D eigenvalue weighted by molar-refractivity contribution is 6.00. The van der Waals surface area contributed by atoms with E-state index in [9.17, 15) is 14.4 Å². The number of benzene rings is 3. The molecule has 4 rings (SSSR count). The maximum Gasteiger partial charge on any atom is 0.408 e. The second-order valence-corrected chi connectivity index (χ2v) is 11.9. The topological polar surface area (TPSA) is 87.7 Å². The Bertz CT molecular complexity index is 1380. The fraction of sp³-hybridized carbons (Fsp3) is 0.424. The molecule has 0 aromatic heterocycles. The van der Waals surface area contributed by atoms with E-state index in [-0.39, 0.29) is 23.8 Å². The van der Waals surface area contributed by atoms with Crippen molar-refractivity contribution in [2.75, 3.05) is 5.32 Å². The normalized spacial score (nSPS) is 15.6. The summed E-state index contributed by atoms with van der Waals surface area (Å²) in [5, 5.41) is 8.00. The summed E-state index contributed by atoms with van der Waals surface area (Å²) in [5.74, 6) is -0.729. The lowest BCUT2D eigenvalue weighted by atomic mass is 9.95. The molecule has 0 saturated heterocycles. The van der Waals surface area contributed by atoms with Crippen LogP contribution in [0.1, 0.15) is 71.0 Å². The zero-order chi connectivity index (χ0) is 29.0. The molecule has 0 radical (unpaired) electrons. The average Bonchev–Trinajstić information content (AvgIpc) is 3.73. The highest BCUT2D eigenvalue weighted by Gasteiger charge is 2.45. The molecule has 1 aliphatic carbocycles. The predicted molar refractivity (Wildman–Crippen MR) is 159 cm³/mol. The van der Waals surface area contributed by atoms with Crippen molar-refractivity contribution >= 4 is 34.4 Å². The molecule has 7 nitrogen and oxygen atoms in total. The van der Waals surface area contributed by atoms with Gasteiger partial charge in [-0.25, -0.2) is 4.79 Å². The lowest BCUT2D eigenvalue weighted by Gasteiger charge is -2.36. The van der Waals surface area contributed by atoms with E-state index in [2.05, 4.69) is 10.6 Å². The minimum Gasteiger partial charge on any atom is -0.444 e. The second-order valence-electron chi connectivity index (χ2n) is 11.9. The van der Waals surface area contributed by atoms with Gasteiger partial charge in [-0.1, -0.05) is 80.4 Å². The van der Waals surface area contributed by atoms with E-state index in [1.165, 1.54) is 0 Å². The van der Waals surface area contributed by atoms with Gasteiger partial charge < -0.3 is 20.3 Å². The number of carbonyl (C=O) groups is 3. The Kier molecular flexibility index (Phi) is 8.82. The smallest absolute Gasteiger partial charge is 0.408 e. The molecule has 3 amide bonds. The maximum absolute atomic E-state index is 14.3. The maximum atomic E-state index is 14.3. The van der Waals surface area contributed by atoms with Crippen LogP contribution in [-0.2, 0) is 14.3 Å². The molecule has 40 heavy (non-hydrogen) atoms. The minimum absolute atomic E-state index is 0.0904. The number of aryl methyl sites for hydroxylation is 1. The van der Waals surface area contributed by atoms with Crippen molar-refractivity contribution in [3.05, 3.63) is 77.9 Å². The van der Waals surface area contributed by atoms with Crippen molar-refractivity contribution in [2.45, 2.75) is 84.5 Å². The summed E-state index contributed by atoms with van der Waals surface area (Å²) in [6.45, 7) is 11.2. The highest BCUT2D eigenvalue weighted by Crippen LogP contribution is 2.37. The summed E-state index contributed by atoms with van der Waals surface area (Å²) in [6.07, 6.45) is 1.63. The van der Waals surface area contributed by atoms with E-state index in [1.54, 1.807) is 25.7 Å². The van der Waals surface area contributed by atoms with Crippen molar-refractivity contribution in [3.63, 3.8) is 0 Å². The highest BCUT2D eigenvalue weighted by atomic mass is 16.6. The van der Waals surface area contributed by atoms with E-state index in [1.807, 2.05) is 87.5 Å². The van der Waals surface area contributed by atoms with Crippen LogP contribution in [0.2, 0.25) is 0 Å². The predicted octanol–water partition coefficient (Wildman–Crippen LogP) is 6.76. The van der Waals surface area contributed by atoms with E-state index < -0.39 is 23.8 Å². The molecular formula is C33H41N3O4. The van der Waals surface area contributed by atoms with Crippen LogP contribution in [0.5, 0.6) is 0 Å². The summed E-state index contributed by atoms with van der Waals surface area (Å²) in [6, 6.07) is 19.7. The number of hydrogen-bond donors (Lipinski definition) is 2. The molecular weight excluding hydrogens is 502 g/mol. The van der Waals surface area contributed by atoms with Crippen LogP contribution >= 0.6 is 0 Å². The van der Waals surface area contributed by atoms with Gasteiger partial charge in [0.05, 0.1) is 0 Å². The Hall–Kier alpha value is -3.87. The number of nitrogens with one attached hydrogen (secondary N) is 2. The fourth-order valence-electron chi connectivity index (χ4n) is 4.91. The molecule has 3 aromatic carbocycles. The largest absolute Gasteiger partial charge is 0.444 e. The van der Waals surface area contributed by atoms with Crippen molar-refractivity contribution in [2.24, 2.45) is 5.92 Å². The molecule has 1 aliphatic rings. The molecule has 2 N–H and O–H groups in total. The van der Waals surface area contributed by atoms with E-state index in [0.717, 1.165) is 34.7 Å². The third-order valence-corrected chi connectivity index (χ3v) is 7.25. The summed E-state index contributed by atoms with van der Waals surface area (Å²) >= 11 is 0.